The molecule has 1 aromatic rings. The Labute approximate surface area is 101 Å². The van der Waals surface area contributed by atoms with Crippen LogP contribution in [-0.4, -0.2) is 17.9 Å². The SMILES string of the molecule is CC1(C)C[C@@H]2C(=O)C[C@@H]1ON2c1ccccc1. The standard InChI is InChI=1S/C14H17NO2/c1-14(2)9-11-12(16)8-13(14)17-15(11)10-6-4-3-5-7-10/h3-7,11,13H,8-9H2,1-2H3/t11-,13+/m1/s1. The van der Waals surface area contributed by atoms with Crippen molar-refractivity contribution in [1.29, 1.82) is 0 Å². The second-order valence-corrected chi connectivity index (χ2v) is 5.63. The third kappa shape index (κ3) is 1.65. The van der Waals surface area contributed by atoms with Crippen LogP contribution >= 0.6 is 0 Å². The van der Waals surface area contributed by atoms with Gasteiger partial charge in [-0.05, 0) is 24.0 Å². The number of rotatable bonds is 1. The van der Waals surface area contributed by atoms with Crippen LogP contribution in [0.2, 0.25) is 0 Å². The van der Waals surface area contributed by atoms with Crippen LogP contribution in [0.15, 0.2) is 30.3 Å². The molecule has 0 radical (unpaired) electrons. The van der Waals surface area contributed by atoms with Crippen LogP contribution in [0, 0.1) is 5.41 Å². The zero-order valence-electron chi connectivity index (χ0n) is 10.2. The van der Waals surface area contributed by atoms with Gasteiger partial charge in [-0.15, -0.1) is 0 Å². The minimum Gasteiger partial charge on any atom is -0.297 e. The van der Waals surface area contributed by atoms with Gasteiger partial charge in [0.15, 0.2) is 5.78 Å². The first-order valence-electron chi connectivity index (χ1n) is 6.12. The minimum absolute atomic E-state index is 0.0141. The largest absolute Gasteiger partial charge is 0.297 e. The Kier molecular flexibility index (Phi) is 2.26. The van der Waals surface area contributed by atoms with Gasteiger partial charge < -0.3 is 0 Å². The smallest absolute Gasteiger partial charge is 0.160 e. The Morgan fingerprint density at radius 3 is 2.65 bits per heavy atom. The highest BCUT2D eigenvalue weighted by Crippen LogP contribution is 2.44. The molecule has 1 aromatic carbocycles. The highest BCUT2D eigenvalue weighted by molar-refractivity contribution is 5.89. The first-order valence-corrected chi connectivity index (χ1v) is 6.12. The summed E-state index contributed by atoms with van der Waals surface area (Å²) in [7, 11) is 0. The van der Waals surface area contributed by atoms with Gasteiger partial charge in [0, 0.05) is 6.42 Å². The first-order chi connectivity index (χ1) is 8.08. The predicted octanol–water partition coefficient (Wildman–Crippen LogP) is 2.56. The average molecular weight is 231 g/mol. The Bertz CT molecular complexity index is 441. The van der Waals surface area contributed by atoms with Crippen LogP contribution in [0.25, 0.3) is 0 Å². The molecule has 2 bridgehead atoms. The summed E-state index contributed by atoms with van der Waals surface area (Å²) in [5.74, 6) is 0.310. The molecular weight excluding hydrogens is 214 g/mol. The fourth-order valence-corrected chi connectivity index (χ4v) is 2.76. The lowest BCUT2D eigenvalue weighted by atomic mass is 9.71. The summed E-state index contributed by atoms with van der Waals surface area (Å²) in [6.45, 7) is 4.36. The number of hydroxylamine groups is 1. The molecule has 1 saturated carbocycles. The van der Waals surface area contributed by atoms with E-state index in [0.29, 0.717) is 12.2 Å². The predicted molar refractivity (Wildman–Crippen MR) is 65.6 cm³/mol. The number of carbonyl (C=O) groups is 1. The molecule has 3 aliphatic rings. The van der Waals surface area contributed by atoms with Gasteiger partial charge in [-0.2, -0.15) is 0 Å². The summed E-state index contributed by atoms with van der Waals surface area (Å²) < 4.78 is 0. The maximum atomic E-state index is 12.0. The summed E-state index contributed by atoms with van der Waals surface area (Å²) >= 11 is 0. The van der Waals surface area contributed by atoms with E-state index in [4.69, 9.17) is 4.84 Å². The van der Waals surface area contributed by atoms with Crippen LogP contribution in [-0.2, 0) is 9.63 Å². The number of benzene rings is 1. The lowest BCUT2D eigenvalue weighted by Gasteiger charge is -2.52. The van der Waals surface area contributed by atoms with E-state index in [9.17, 15) is 4.79 Å². The van der Waals surface area contributed by atoms with Crippen molar-refractivity contribution in [3.63, 3.8) is 0 Å². The molecule has 2 saturated heterocycles. The number of ketones is 1. The zero-order valence-corrected chi connectivity index (χ0v) is 10.2. The molecule has 0 unspecified atom stereocenters. The number of carbonyl (C=O) groups excluding carboxylic acids is 1. The van der Waals surface area contributed by atoms with Crippen LogP contribution in [0.1, 0.15) is 26.7 Å². The molecule has 90 valence electrons. The highest BCUT2D eigenvalue weighted by Gasteiger charge is 2.51. The van der Waals surface area contributed by atoms with Gasteiger partial charge in [-0.1, -0.05) is 32.0 Å². The number of hydrogen-bond donors (Lipinski definition) is 0. The molecule has 3 fully saturated rings. The molecule has 2 heterocycles. The minimum atomic E-state index is -0.114. The fourth-order valence-electron chi connectivity index (χ4n) is 2.76. The normalized spacial score (nSPS) is 30.7. The molecular formula is C14H17NO2. The molecule has 0 amide bonds. The Hall–Kier alpha value is -1.35. The van der Waals surface area contributed by atoms with Crippen molar-refractivity contribution >= 4 is 11.5 Å². The molecule has 1 aliphatic carbocycles. The third-order valence-electron chi connectivity index (χ3n) is 3.88. The summed E-state index contributed by atoms with van der Waals surface area (Å²) in [4.78, 5) is 18.0. The first kappa shape index (κ1) is 10.8. The number of fused-ring (bicyclic) bond motifs is 3. The monoisotopic (exact) mass is 231 g/mol. The molecule has 0 aromatic heterocycles. The lowest BCUT2D eigenvalue weighted by molar-refractivity contribution is -0.160. The fraction of sp³-hybridized carbons (Fsp3) is 0.500. The van der Waals surface area contributed by atoms with Gasteiger partial charge in [0.25, 0.3) is 0 Å². The molecule has 2 aliphatic heterocycles. The van der Waals surface area contributed by atoms with Crippen molar-refractivity contribution in [2.75, 3.05) is 5.06 Å². The molecule has 2 atom stereocenters. The summed E-state index contributed by atoms with van der Waals surface area (Å²) in [5, 5.41) is 1.81. The number of anilines is 1. The zero-order chi connectivity index (χ0) is 12.0. The number of hydrogen-bond acceptors (Lipinski definition) is 3. The highest BCUT2D eigenvalue weighted by atomic mass is 16.7. The van der Waals surface area contributed by atoms with Crippen LogP contribution in [0.4, 0.5) is 5.69 Å². The molecule has 0 N–H and O–H groups in total. The number of para-hydroxylation sites is 1. The maximum absolute atomic E-state index is 12.0. The molecule has 4 rings (SSSR count). The second-order valence-electron chi connectivity index (χ2n) is 5.63. The van der Waals surface area contributed by atoms with Gasteiger partial charge in [-0.25, -0.2) is 5.06 Å². The van der Waals surface area contributed by atoms with Crippen LogP contribution in [0.5, 0.6) is 0 Å². The topological polar surface area (TPSA) is 29.5 Å². The second kappa shape index (κ2) is 3.57. The Morgan fingerprint density at radius 1 is 1.29 bits per heavy atom. The van der Waals surface area contributed by atoms with E-state index in [0.717, 1.165) is 12.1 Å². The van der Waals surface area contributed by atoms with Crippen molar-refractivity contribution in [3.05, 3.63) is 30.3 Å². The maximum Gasteiger partial charge on any atom is 0.160 e. The van der Waals surface area contributed by atoms with Gasteiger partial charge in [-0.3, -0.25) is 9.63 Å². The van der Waals surface area contributed by atoms with E-state index in [-0.39, 0.29) is 17.6 Å². The summed E-state index contributed by atoms with van der Waals surface area (Å²) in [6.07, 6.45) is 1.45. The van der Waals surface area contributed by atoms with Crippen molar-refractivity contribution < 1.29 is 9.63 Å². The van der Waals surface area contributed by atoms with Crippen LogP contribution in [0.3, 0.4) is 0 Å². The number of Topliss-reactive ketones (excluding diaryl/α,β-unsaturated/α-hetero) is 1. The van der Waals surface area contributed by atoms with E-state index >= 15 is 0 Å². The van der Waals surface area contributed by atoms with Crippen molar-refractivity contribution in [1.82, 2.24) is 0 Å². The van der Waals surface area contributed by atoms with E-state index in [1.54, 1.807) is 0 Å². The molecule has 3 heteroatoms. The van der Waals surface area contributed by atoms with Gasteiger partial charge in [0.1, 0.15) is 6.04 Å². The molecule has 17 heavy (non-hydrogen) atoms. The molecule has 0 spiro atoms. The van der Waals surface area contributed by atoms with Gasteiger partial charge >= 0.3 is 0 Å². The average Bonchev–Trinajstić information content (AvgIpc) is 2.31. The van der Waals surface area contributed by atoms with Crippen molar-refractivity contribution in [3.8, 4) is 0 Å². The third-order valence-corrected chi connectivity index (χ3v) is 3.88. The van der Waals surface area contributed by atoms with E-state index in [2.05, 4.69) is 13.8 Å². The van der Waals surface area contributed by atoms with E-state index in [1.807, 2.05) is 35.4 Å². The summed E-state index contributed by atoms with van der Waals surface area (Å²) in [6, 6.07) is 9.77. The number of nitrogens with zero attached hydrogens (tertiary/aromatic N) is 1. The Morgan fingerprint density at radius 2 is 2.00 bits per heavy atom. The van der Waals surface area contributed by atoms with Crippen molar-refractivity contribution in [2.45, 2.75) is 38.8 Å². The molecule has 3 nitrogen and oxygen atoms in total. The van der Waals surface area contributed by atoms with Crippen LogP contribution < -0.4 is 5.06 Å². The van der Waals surface area contributed by atoms with Crippen molar-refractivity contribution in [2.24, 2.45) is 5.41 Å². The van der Waals surface area contributed by atoms with Gasteiger partial charge in [0.2, 0.25) is 0 Å². The summed E-state index contributed by atoms with van der Waals surface area (Å²) in [5.41, 5.74) is 1.08. The van der Waals surface area contributed by atoms with E-state index < -0.39 is 0 Å². The van der Waals surface area contributed by atoms with Gasteiger partial charge in [0.05, 0.1) is 11.8 Å². The Balaban J connectivity index is 1.93. The quantitative estimate of drug-likeness (QED) is 0.744. The lowest BCUT2D eigenvalue weighted by Crippen LogP contribution is -2.61. The van der Waals surface area contributed by atoms with E-state index in [1.165, 1.54) is 0 Å².